The van der Waals surface area contributed by atoms with Gasteiger partial charge < -0.3 is 15.3 Å². The summed E-state index contributed by atoms with van der Waals surface area (Å²) in [6.07, 6.45) is -4.33. The Kier molecular flexibility index (Phi) is 3.89. The van der Waals surface area contributed by atoms with Crippen LogP contribution in [0.5, 0.6) is 17.2 Å². The van der Waals surface area contributed by atoms with E-state index in [1.165, 1.54) is 6.07 Å². The van der Waals surface area contributed by atoms with Crippen molar-refractivity contribution in [1.82, 2.24) is 0 Å². The van der Waals surface area contributed by atoms with E-state index >= 15 is 0 Å². The molecule has 1 fully saturated rings. The van der Waals surface area contributed by atoms with E-state index in [4.69, 9.17) is 0 Å². The SMILES string of the molecule is Cc1ccc(C2CC2C(=O)c2c(O)cc(O)cc2O)c(C(F)(F)F)c1. The molecule has 0 radical (unpaired) electrons. The van der Waals surface area contributed by atoms with Gasteiger partial charge in [0.05, 0.1) is 5.56 Å². The van der Waals surface area contributed by atoms with Crippen LogP contribution in [0.1, 0.15) is 39.4 Å². The molecule has 4 nitrogen and oxygen atoms in total. The molecule has 25 heavy (non-hydrogen) atoms. The van der Waals surface area contributed by atoms with E-state index in [0.29, 0.717) is 5.56 Å². The molecule has 2 atom stereocenters. The van der Waals surface area contributed by atoms with E-state index in [-0.39, 0.29) is 17.5 Å². The Morgan fingerprint density at radius 3 is 2.24 bits per heavy atom. The number of carbonyl (C=O) groups excluding carboxylic acids is 1. The summed E-state index contributed by atoms with van der Waals surface area (Å²) >= 11 is 0. The molecule has 2 aromatic carbocycles. The fraction of sp³-hybridized carbons (Fsp3) is 0.278. The lowest BCUT2D eigenvalue weighted by Gasteiger charge is -2.14. The van der Waals surface area contributed by atoms with Gasteiger partial charge >= 0.3 is 6.18 Å². The topological polar surface area (TPSA) is 77.8 Å². The van der Waals surface area contributed by atoms with Gasteiger partial charge in [0.2, 0.25) is 0 Å². The zero-order valence-electron chi connectivity index (χ0n) is 13.1. The predicted molar refractivity (Wildman–Crippen MR) is 82.8 cm³/mol. The number of aryl methyl sites for hydroxylation is 1. The molecule has 3 N–H and O–H groups in total. The number of hydrogen-bond acceptors (Lipinski definition) is 4. The lowest BCUT2D eigenvalue weighted by molar-refractivity contribution is -0.138. The van der Waals surface area contributed by atoms with Gasteiger partial charge in [0.15, 0.2) is 5.78 Å². The summed E-state index contributed by atoms with van der Waals surface area (Å²) in [6.45, 7) is 1.56. The third-order valence-electron chi connectivity index (χ3n) is 4.37. The number of Topliss-reactive ketones (excluding diaryl/α,β-unsaturated/α-hetero) is 1. The maximum Gasteiger partial charge on any atom is 0.416 e. The molecule has 0 spiro atoms. The second kappa shape index (κ2) is 5.68. The second-order valence-corrected chi connectivity index (χ2v) is 6.26. The molecule has 1 aliphatic carbocycles. The predicted octanol–water partition coefficient (Wildman–Crippen LogP) is 4.12. The first kappa shape index (κ1) is 17.1. The van der Waals surface area contributed by atoms with Crippen molar-refractivity contribution >= 4 is 5.78 Å². The highest BCUT2D eigenvalue weighted by molar-refractivity contribution is 6.05. The number of alkyl halides is 3. The van der Waals surface area contributed by atoms with Crippen LogP contribution in [-0.4, -0.2) is 21.1 Å². The molecule has 2 aromatic rings. The molecule has 7 heteroatoms. The van der Waals surface area contributed by atoms with Crippen LogP contribution in [-0.2, 0) is 6.18 Å². The number of ketones is 1. The number of hydrogen-bond donors (Lipinski definition) is 3. The van der Waals surface area contributed by atoms with Crippen LogP contribution in [0.15, 0.2) is 30.3 Å². The number of phenolic OH excluding ortho intramolecular Hbond substituents is 3. The van der Waals surface area contributed by atoms with Gasteiger partial charge in [-0.2, -0.15) is 13.2 Å². The molecule has 132 valence electrons. The first-order chi connectivity index (χ1) is 11.6. The van der Waals surface area contributed by atoms with Crippen molar-refractivity contribution in [2.24, 2.45) is 5.92 Å². The Balaban J connectivity index is 1.93. The average Bonchev–Trinajstić information content (AvgIpc) is 3.25. The van der Waals surface area contributed by atoms with Crippen LogP contribution in [0.25, 0.3) is 0 Å². The van der Waals surface area contributed by atoms with Crippen molar-refractivity contribution in [2.45, 2.75) is 25.4 Å². The molecule has 0 aromatic heterocycles. The highest BCUT2D eigenvalue weighted by Crippen LogP contribution is 2.53. The van der Waals surface area contributed by atoms with Gasteiger partial charge in [0, 0.05) is 18.1 Å². The second-order valence-electron chi connectivity index (χ2n) is 6.26. The van der Waals surface area contributed by atoms with Crippen molar-refractivity contribution < 1.29 is 33.3 Å². The molecule has 1 aliphatic rings. The number of carbonyl (C=O) groups is 1. The molecule has 0 heterocycles. The highest BCUT2D eigenvalue weighted by Gasteiger charge is 2.49. The van der Waals surface area contributed by atoms with Crippen LogP contribution in [0, 0.1) is 12.8 Å². The summed E-state index contributed by atoms with van der Waals surface area (Å²) in [5, 5.41) is 28.8. The molecule has 3 rings (SSSR count). The quantitative estimate of drug-likeness (QED) is 0.726. The summed E-state index contributed by atoms with van der Waals surface area (Å²) in [5.74, 6) is -3.66. The maximum absolute atomic E-state index is 13.2. The Morgan fingerprint density at radius 1 is 1.08 bits per heavy atom. The summed E-state index contributed by atoms with van der Waals surface area (Å²) in [4.78, 5) is 12.5. The lowest BCUT2D eigenvalue weighted by atomic mass is 9.96. The molecule has 0 aliphatic heterocycles. The highest BCUT2D eigenvalue weighted by atomic mass is 19.4. The Morgan fingerprint density at radius 2 is 1.68 bits per heavy atom. The molecule has 1 saturated carbocycles. The van der Waals surface area contributed by atoms with E-state index in [9.17, 15) is 33.3 Å². The van der Waals surface area contributed by atoms with Gasteiger partial charge in [-0.1, -0.05) is 17.7 Å². The number of aromatic hydroxyl groups is 3. The number of phenols is 3. The van der Waals surface area contributed by atoms with Gasteiger partial charge in [-0.3, -0.25) is 4.79 Å². The normalized spacial score (nSPS) is 19.7. The third-order valence-corrected chi connectivity index (χ3v) is 4.37. The summed E-state index contributed by atoms with van der Waals surface area (Å²) in [6, 6.07) is 5.77. The zero-order chi connectivity index (χ0) is 18.5. The van der Waals surface area contributed by atoms with Crippen LogP contribution in [0.2, 0.25) is 0 Å². The van der Waals surface area contributed by atoms with Gasteiger partial charge in [-0.05, 0) is 30.9 Å². The Bertz CT molecular complexity index is 835. The van der Waals surface area contributed by atoms with Gasteiger partial charge in [-0.15, -0.1) is 0 Å². The number of rotatable bonds is 3. The lowest BCUT2D eigenvalue weighted by Crippen LogP contribution is -2.11. The van der Waals surface area contributed by atoms with Crippen molar-refractivity contribution in [3.63, 3.8) is 0 Å². The molecular weight excluding hydrogens is 337 g/mol. The maximum atomic E-state index is 13.2. The minimum absolute atomic E-state index is 0.0363. The molecule has 0 amide bonds. The van der Waals surface area contributed by atoms with E-state index in [1.807, 2.05) is 0 Å². The Hall–Kier alpha value is -2.70. The van der Waals surface area contributed by atoms with Crippen LogP contribution < -0.4 is 0 Å². The van der Waals surface area contributed by atoms with E-state index in [1.54, 1.807) is 13.0 Å². The first-order valence-electron chi connectivity index (χ1n) is 7.56. The third kappa shape index (κ3) is 3.14. The fourth-order valence-electron chi connectivity index (χ4n) is 3.10. The van der Waals surface area contributed by atoms with Gasteiger partial charge in [-0.25, -0.2) is 0 Å². The minimum atomic E-state index is -4.53. The monoisotopic (exact) mass is 352 g/mol. The van der Waals surface area contributed by atoms with E-state index in [2.05, 4.69) is 0 Å². The van der Waals surface area contributed by atoms with Gasteiger partial charge in [0.25, 0.3) is 0 Å². The summed E-state index contributed by atoms with van der Waals surface area (Å²) in [7, 11) is 0. The van der Waals surface area contributed by atoms with Crippen molar-refractivity contribution in [1.29, 1.82) is 0 Å². The number of halogens is 3. The van der Waals surface area contributed by atoms with Crippen molar-refractivity contribution in [2.75, 3.05) is 0 Å². The van der Waals surface area contributed by atoms with E-state index < -0.39 is 46.6 Å². The largest absolute Gasteiger partial charge is 0.508 e. The van der Waals surface area contributed by atoms with Gasteiger partial charge in [0.1, 0.15) is 22.8 Å². The minimum Gasteiger partial charge on any atom is -0.508 e. The first-order valence-corrected chi connectivity index (χ1v) is 7.56. The number of benzene rings is 2. The molecule has 0 saturated heterocycles. The van der Waals surface area contributed by atoms with Crippen LogP contribution in [0.3, 0.4) is 0 Å². The zero-order valence-corrected chi connectivity index (χ0v) is 13.1. The average molecular weight is 352 g/mol. The van der Waals surface area contributed by atoms with E-state index in [0.717, 1.165) is 18.2 Å². The fourth-order valence-corrected chi connectivity index (χ4v) is 3.10. The molecule has 0 bridgehead atoms. The van der Waals surface area contributed by atoms with Crippen LogP contribution in [0.4, 0.5) is 13.2 Å². The summed E-state index contributed by atoms with van der Waals surface area (Å²) < 4.78 is 39.7. The molecular formula is C18H15F3O4. The van der Waals surface area contributed by atoms with Crippen molar-refractivity contribution in [3.8, 4) is 17.2 Å². The summed E-state index contributed by atoms with van der Waals surface area (Å²) in [5.41, 5.74) is -0.652. The Labute approximate surface area is 141 Å². The smallest absolute Gasteiger partial charge is 0.416 e. The molecule has 2 unspecified atom stereocenters. The standard InChI is InChI=1S/C18H15F3O4/c1-8-2-3-10(13(4-8)18(19,20)21)11-7-12(11)17(25)16-14(23)5-9(22)6-15(16)24/h2-6,11-12,22-24H,7H2,1H3. The van der Waals surface area contributed by atoms with Crippen LogP contribution >= 0.6 is 0 Å². The van der Waals surface area contributed by atoms with Crippen molar-refractivity contribution in [3.05, 3.63) is 52.6 Å².